The van der Waals surface area contributed by atoms with E-state index in [2.05, 4.69) is 57.7 Å². The minimum atomic E-state index is 0.191. The highest BCUT2D eigenvalue weighted by Gasteiger charge is 2.13. The smallest absolute Gasteiger partial charge is 0.00914 e. The lowest BCUT2D eigenvalue weighted by molar-refractivity contribution is 0.515. The van der Waals surface area contributed by atoms with E-state index in [9.17, 15) is 0 Å². The predicted molar refractivity (Wildman–Crippen MR) is 90.6 cm³/mol. The normalized spacial score (nSPS) is 10.6. The lowest BCUT2D eigenvalue weighted by Crippen LogP contribution is -2.07. The van der Waals surface area contributed by atoms with Crippen LogP contribution >= 0.6 is 0 Å². The van der Waals surface area contributed by atoms with Crippen LogP contribution in [0.15, 0.2) is 54.6 Å². The van der Waals surface area contributed by atoms with E-state index in [1.807, 2.05) is 39.8 Å². The number of allylic oxidation sites excluding steroid dienone is 3. The first-order valence-electron chi connectivity index (χ1n) is 7.41. The quantitative estimate of drug-likeness (QED) is 0.548. The third-order valence-corrected chi connectivity index (χ3v) is 2.49. The Kier molecular flexibility index (Phi) is 12.4. The molecule has 0 fully saturated rings. The SMILES string of the molecule is C=C/C(=C\Cc1ccccc1)C(C)(C)C.CC.CC. The van der Waals surface area contributed by atoms with Crippen LogP contribution in [0.3, 0.4) is 0 Å². The van der Waals surface area contributed by atoms with Crippen molar-refractivity contribution in [3.05, 3.63) is 60.2 Å². The van der Waals surface area contributed by atoms with Gasteiger partial charge in [0.25, 0.3) is 0 Å². The van der Waals surface area contributed by atoms with Crippen molar-refractivity contribution in [3.63, 3.8) is 0 Å². The summed E-state index contributed by atoms with van der Waals surface area (Å²) in [5.41, 5.74) is 2.85. The van der Waals surface area contributed by atoms with Crippen molar-refractivity contribution in [2.75, 3.05) is 0 Å². The zero-order chi connectivity index (χ0) is 15.3. The van der Waals surface area contributed by atoms with Crippen molar-refractivity contribution in [3.8, 4) is 0 Å². The van der Waals surface area contributed by atoms with Gasteiger partial charge in [-0.25, -0.2) is 0 Å². The molecule has 0 spiro atoms. The maximum atomic E-state index is 3.87. The topological polar surface area (TPSA) is 0 Å². The summed E-state index contributed by atoms with van der Waals surface area (Å²) in [6, 6.07) is 10.5. The second-order valence-corrected chi connectivity index (χ2v) is 4.80. The van der Waals surface area contributed by atoms with Gasteiger partial charge < -0.3 is 0 Å². The molecule has 0 nitrogen and oxygen atoms in total. The molecule has 0 bridgehead atoms. The van der Waals surface area contributed by atoms with Crippen LogP contribution in [0.25, 0.3) is 0 Å². The summed E-state index contributed by atoms with van der Waals surface area (Å²) in [4.78, 5) is 0. The highest BCUT2D eigenvalue weighted by Crippen LogP contribution is 2.26. The van der Waals surface area contributed by atoms with Crippen molar-refractivity contribution in [2.24, 2.45) is 5.41 Å². The highest BCUT2D eigenvalue weighted by atomic mass is 14.2. The average molecular weight is 260 g/mol. The third-order valence-electron chi connectivity index (χ3n) is 2.49. The van der Waals surface area contributed by atoms with Crippen LogP contribution in [0, 0.1) is 5.41 Å². The highest BCUT2D eigenvalue weighted by molar-refractivity contribution is 5.26. The minimum absolute atomic E-state index is 0.191. The lowest BCUT2D eigenvalue weighted by Gasteiger charge is -2.20. The van der Waals surface area contributed by atoms with Gasteiger partial charge in [-0.05, 0) is 23.0 Å². The second kappa shape index (κ2) is 11.8. The van der Waals surface area contributed by atoms with E-state index in [1.54, 1.807) is 0 Å². The van der Waals surface area contributed by atoms with E-state index < -0.39 is 0 Å². The van der Waals surface area contributed by atoms with Gasteiger partial charge in [-0.2, -0.15) is 0 Å². The van der Waals surface area contributed by atoms with Crippen LogP contribution in [-0.4, -0.2) is 0 Å². The monoisotopic (exact) mass is 260 g/mol. The molecule has 0 aliphatic rings. The van der Waals surface area contributed by atoms with E-state index in [0.29, 0.717) is 0 Å². The largest absolute Gasteiger partial charge is 0.0988 e. The maximum Gasteiger partial charge on any atom is -0.00914 e. The van der Waals surface area contributed by atoms with E-state index in [0.717, 1.165) is 6.42 Å². The average Bonchev–Trinajstić information content (AvgIpc) is 2.43. The molecule has 0 unspecified atom stereocenters. The molecule has 0 atom stereocenters. The molecule has 108 valence electrons. The Balaban J connectivity index is 0. The number of rotatable bonds is 3. The Morgan fingerprint density at radius 1 is 1.00 bits per heavy atom. The van der Waals surface area contributed by atoms with Crippen LogP contribution in [0.5, 0.6) is 0 Å². The van der Waals surface area contributed by atoms with Gasteiger partial charge in [0.15, 0.2) is 0 Å². The Morgan fingerprint density at radius 2 is 1.47 bits per heavy atom. The van der Waals surface area contributed by atoms with Gasteiger partial charge in [0.2, 0.25) is 0 Å². The van der Waals surface area contributed by atoms with Crippen LogP contribution in [0.4, 0.5) is 0 Å². The van der Waals surface area contributed by atoms with Gasteiger partial charge in [-0.15, -0.1) is 0 Å². The first-order chi connectivity index (χ1) is 9.04. The standard InChI is InChI=1S/C15H20.2C2H6/c1-5-14(15(2,3)4)12-11-13-9-7-6-8-10-13;2*1-2/h5-10,12H,1,11H2,2-4H3;2*1-2H3/b14-12+;;. The summed E-state index contributed by atoms with van der Waals surface area (Å²) in [5, 5.41) is 0. The number of hydrogen-bond donors (Lipinski definition) is 0. The molecular formula is C19H32. The molecule has 0 aliphatic carbocycles. The Morgan fingerprint density at radius 3 is 1.84 bits per heavy atom. The van der Waals surface area contributed by atoms with E-state index in [1.165, 1.54) is 11.1 Å². The molecule has 0 radical (unpaired) electrons. The molecule has 0 amide bonds. The van der Waals surface area contributed by atoms with E-state index in [4.69, 9.17) is 0 Å². The molecule has 0 aliphatic heterocycles. The fourth-order valence-corrected chi connectivity index (χ4v) is 1.54. The van der Waals surface area contributed by atoms with Gasteiger partial charge in [0, 0.05) is 0 Å². The fraction of sp³-hybridized carbons (Fsp3) is 0.474. The Labute approximate surface area is 121 Å². The molecule has 0 saturated carbocycles. The molecule has 0 heterocycles. The van der Waals surface area contributed by atoms with Crippen molar-refractivity contribution in [1.29, 1.82) is 0 Å². The van der Waals surface area contributed by atoms with Crippen LogP contribution in [0.1, 0.15) is 54.0 Å². The maximum absolute atomic E-state index is 3.87. The second-order valence-electron chi connectivity index (χ2n) is 4.80. The van der Waals surface area contributed by atoms with Gasteiger partial charge in [0.05, 0.1) is 0 Å². The van der Waals surface area contributed by atoms with E-state index >= 15 is 0 Å². The summed E-state index contributed by atoms with van der Waals surface area (Å²) >= 11 is 0. The van der Waals surface area contributed by atoms with Crippen molar-refractivity contribution in [1.82, 2.24) is 0 Å². The third kappa shape index (κ3) is 9.30. The Bertz CT molecular complexity index is 336. The minimum Gasteiger partial charge on any atom is -0.0988 e. The zero-order valence-corrected chi connectivity index (χ0v) is 14.0. The lowest BCUT2D eigenvalue weighted by atomic mass is 9.85. The fourth-order valence-electron chi connectivity index (χ4n) is 1.54. The number of benzene rings is 1. The molecule has 19 heavy (non-hydrogen) atoms. The van der Waals surface area contributed by atoms with Crippen LogP contribution < -0.4 is 0 Å². The molecular weight excluding hydrogens is 228 g/mol. The molecule has 0 saturated heterocycles. The molecule has 0 N–H and O–H groups in total. The number of hydrogen-bond acceptors (Lipinski definition) is 0. The molecule has 0 heteroatoms. The molecule has 0 aromatic heterocycles. The van der Waals surface area contributed by atoms with Gasteiger partial charge in [0.1, 0.15) is 0 Å². The van der Waals surface area contributed by atoms with Crippen molar-refractivity contribution in [2.45, 2.75) is 54.9 Å². The summed E-state index contributed by atoms with van der Waals surface area (Å²) in [6.45, 7) is 18.5. The Hall–Kier alpha value is -1.30. The molecule has 1 aromatic carbocycles. The zero-order valence-electron chi connectivity index (χ0n) is 14.0. The van der Waals surface area contributed by atoms with Crippen LogP contribution in [0.2, 0.25) is 0 Å². The van der Waals surface area contributed by atoms with Crippen molar-refractivity contribution >= 4 is 0 Å². The first-order valence-corrected chi connectivity index (χ1v) is 7.41. The summed E-state index contributed by atoms with van der Waals surface area (Å²) < 4.78 is 0. The van der Waals surface area contributed by atoms with E-state index in [-0.39, 0.29) is 5.41 Å². The van der Waals surface area contributed by atoms with Gasteiger partial charge in [-0.3, -0.25) is 0 Å². The van der Waals surface area contributed by atoms with Gasteiger partial charge >= 0.3 is 0 Å². The predicted octanol–water partition coefficient (Wildman–Crippen LogP) is 6.44. The summed E-state index contributed by atoms with van der Waals surface area (Å²) in [6.07, 6.45) is 5.21. The molecule has 1 rings (SSSR count). The molecule has 1 aromatic rings. The van der Waals surface area contributed by atoms with Gasteiger partial charge in [-0.1, -0.05) is 97.5 Å². The van der Waals surface area contributed by atoms with Crippen LogP contribution in [-0.2, 0) is 6.42 Å². The van der Waals surface area contributed by atoms with Crippen molar-refractivity contribution < 1.29 is 0 Å². The summed E-state index contributed by atoms with van der Waals surface area (Å²) in [5.74, 6) is 0. The first kappa shape index (κ1) is 20.0. The summed E-state index contributed by atoms with van der Waals surface area (Å²) in [7, 11) is 0.